The second-order valence-corrected chi connectivity index (χ2v) is 6.82. The van der Waals surface area contributed by atoms with Crippen LogP contribution in [0.2, 0.25) is 0 Å². The molecule has 3 rings (SSSR count). The van der Waals surface area contributed by atoms with Crippen molar-refractivity contribution in [3.05, 3.63) is 52.8 Å². The Morgan fingerprint density at radius 2 is 2.04 bits per heavy atom. The topological polar surface area (TPSA) is 117 Å². The number of thioether (sulfide) groups is 1. The molecule has 2 heterocycles. The molecule has 0 unspecified atom stereocenters. The minimum Gasteiger partial charge on any atom is -0.466 e. The maximum Gasteiger partial charge on any atom is 0.331 e. The summed E-state index contributed by atoms with van der Waals surface area (Å²) in [6, 6.07) is 7.35. The number of amides is 2. The summed E-state index contributed by atoms with van der Waals surface area (Å²) in [7, 11) is 2.75. The molecule has 2 amide bonds. The van der Waals surface area contributed by atoms with Gasteiger partial charge in [-0.05, 0) is 30.8 Å². The van der Waals surface area contributed by atoms with Crippen LogP contribution in [0.25, 0.3) is 0 Å². The lowest BCUT2D eigenvalue weighted by Gasteiger charge is -2.07. The molecule has 2 aromatic rings. The number of esters is 1. The highest BCUT2D eigenvalue weighted by atomic mass is 32.2. The Balaban J connectivity index is 1.82. The fourth-order valence-electron chi connectivity index (χ4n) is 2.28. The number of carbonyl (C=O) groups is 3. The molecule has 0 atom stereocenters. The number of ether oxygens (including phenoxy) is 1. The SMILES string of the molecule is COC(=O)/C=C1/SC(=Nc2nc[nH]c2C(=O)Nc2ccc(C)cc2)N(C)C1=O. The minimum atomic E-state index is -0.636. The zero-order valence-electron chi connectivity index (χ0n) is 15.3. The third kappa shape index (κ3) is 4.12. The van der Waals surface area contributed by atoms with E-state index in [1.807, 2.05) is 19.1 Å². The van der Waals surface area contributed by atoms with Crippen molar-refractivity contribution in [3.63, 3.8) is 0 Å². The average Bonchev–Trinajstić information content (AvgIpc) is 3.24. The number of carbonyl (C=O) groups excluding carboxylic acids is 3. The molecule has 1 saturated heterocycles. The van der Waals surface area contributed by atoms with Crippen molar-refractivity contribution < 1.29 is 19.1 Å². The van der Waals surface area contributed by atoms with Crippen molar-refractivity contribution in [1.82, 2.24) is 14.9 Å². The summed E-state index contributed by atoms with van der Waals surface area (Å²) in [6.45, 7) is 1.95. The molecule has 1 aliphatic rings. The lowest BCUT2D eigenvalue weighted by atomic mass is 10.2. The number of H-pyrrole nitrogens is 1. The number of amidine groups is 1. The fourth-order valence-corrected chi connectivity index (χ4v) is 3.21. The van der Waals surface area contributed by atoms with Crippen LogP contribution in [0.3, 0.4) is 0 Å². The van der Waals surface area contributed by atoms with Gasteiger partial charge in [0, 0.05) is 18.8 Å². The fraction of sp³-hybridized carbons (Fsp3) is 0.167. The smallest absolute Gasteiger partial charge is 0.331 e. The molecule has 28 heavy (non-hydrogen) atoms. The van der Waals surface area contributed by atoms with E-state index >= 15 is 0 Å². The molecule has 1 aromatic carbocycles. The van der Waals surface area contributed by atoms with Crippen molar-refractivity contribution in [2.24, 2.45) is 4.99 Å². The number of anilines is 1. The first-order valence-corrected chi connectivity index (χ1v) is 8.96. The molecule has 0 spiro atoms. The van der Waals surface area contributed by atoms with Crippen LogP contribution < -0.4 is 5.32 Å². The van der Waals surface area contributed by atoms with Crippen molar-refractivity contribution in [1.29, 1.82) is 0 Å². The van der Waals surface area contributed by atoms with Gasteiger partial charge in [0.05, 0.1) is 18.3 Å². The largest absolute Gasteiger partial charge is 0.466 e. The van der Waals surface area contributed by atoms with Gasteiger partial charge in [-0.15, -0.1) is 0 Å². The predicted molar refractivity (Wildman–Crippen MR) is 105 cm³/mol. The monoisotopic (exact) mass is 399 g/mol. The summed E-state index contributed by atoms with van der Waals surface area (Å²) >= 11 is 0.996. The first-order chi connectivity index (χ1) is 13.4. The Labute approximate surface area is 164 Å². The summed E-state index contributed by atoms with van der Waals surface area (Å²) in [4.78, 5) is 48.7. The third-order valence-corrected chi connectivity index (χ3v) is 4.87. The molecule has 0 bridgehead atoms. The molecular formula is C18H17N5O4S. The molecule has 0 aliphatic carbocycles. The molecule has 0 saturated carbocycles. The number of rotatable bonds is 4. The highest BCUT2D eigenvalue weighted by Gasteiger charge is 2.32. The van der Waals surface area contributed by atoms with Crippen molar-refractivity contribution in [2.45, 2.75) is 6.92 Å². The lowest BCUT2D eigenvalue weighted by Crippen LogP contribution is -2.24. The first-order valence-electron chi connectivity index (χ1n) is 8.14. The number of methoxy groups -OCH3 is 1. The van der Waals surface area contributed by atoms with Gasteiger partial charge in [-0.3, -0.25) is 14.5 Å². The van der Waals surface area contributed by atoms with E-state index in [1.54, 1.807) is 12.1 Å². The van der Waals surface area contributed by atoms with Crippen LogP contribution in [-0.2, 0) is 14.3 Å². The van der Waals surface area contributed by atoms with E-state index in [2.05, 4.69) is 25.0 Å². The molecule has 10 heteroatoms. The van der Waals surface area contributed by atoms with Gasteiger partial charge in [-0.25, -0.2) is 14.8 Å². The maximum absolute atomic E-state index is 12.5. The van der Waals surface area contributed by atoms with Gasteiger partial charge in [0.15, 0.2) is 16.7 Å². The highest BCUT2D eigenvalue weighted by molar-refractivity contribution is 8.18. The Bertz CT molecular complexity index is 994. The number of nitrogens with zero attached hydrogens (tertiary/aromatic N) is 3. The van der Waals surface area contributed by atoms with Crippen molar-refractivity contribution in [3.8, 4) is 0 Å². The van der Waals surface area contributed by atoms with E-state index < -0.39 is 17.8 Å². The summed E-state index contributed by atoms with van der Waals surface area (Å²) in [5, 5.41) is 3.05. The van der Waals surface area contributed by atoms with Crippen LogP contribution in [0.4, 0.5) is 11.5 Å². The molecule has 1 aromatic heterocycles. The van der Waals surface area contributed by atoms with Crippen LogP contribution in [0.1, 0.15) is 16.1 Å². The van der Waals surface area contributed by atoms with E-state index in [0.29, 0.717) is 5.69 Å². The molecule has 9 nitrogen and oxygen atoms in total. The van der Waals surface area contributed by atoms with E-state index in [1.165, 1.54) is 25.4 Å². The van der Waals surface area contributed by atoms with Crippen LogP contribution in [-0.4, -0.2) is 52.0 Å². The number of aromatic nitrogens is 2. The second-order valence-electron chi connectivity index (χ2n) is 5.81. The zero-order chi connectivity index (χ0) is 20.3. The Kier molecular flexibility index (Phi) is 5.59. The molecule has 0 radical (unpaired) electrons. The molecular weight excluding hydrogens is 382 g/mol. The Morgan fingerprint density at radius 1 is 1.32 bits per heavy atom. The Hall–Kier alpha value is -3.40. The number of aryl methyl sites for hydroxylation is 1. The van der Waals surface area contributed by atoms with Crippen LogP contribution in [0.15, 0.2) is 46.6 Å². The van der Waals surface area contributed by atoms with Crippen molar-refractivity contribution >= 4 is 46.2 Å². The van der Waals surface area contributed by atoms with Gasteiger partial charge < -0.3 is 15.0 Å². The van der Waals surface area contributed by atoms with Crippen LogP contribution >= 0.6 is 11.8 Å². The van der Waals surface area contributed by atoms with Gasteiger partial charge in [0.2, 0.25) is 0 Å². The van der Waals surface area contributed by atoms with Gasteiger partial charge >= 0.3 is 5.97 Å². The number of aliphatic imine (C=N–C) groups is 1. The van der Waals surface area contributed by atoms with Crippen LogP contribution in [0, 0.1) is 6.92 Å². The number of hydrogen-bond donors (Lipinski definition) is 2. The lowest BCUT2D eigenvalue weighted by molar-refractivity contribution is -0.135. The summed E-state index contributed by atoms with van der Waals surface area (Å²) in [5.74, 6) is -1.31. The standard InChI is InChI=1S/C18H17N5O4S/c1-10-4-6-11(7-5-10)21-16(25)14-15(20-9-19-14)22-18-23(2)17(26)12(28-18)8-13(24)27-3/h4-9H,1-3H3,(H,19,20)(H,21,25)/b12-8+,22-18?. The Morgan fingerprint density at radius 3 is 2.71 bits per heavy atom. The van der Waals surface area contributed by atoms with E-state index in [9.17, 15) is 14.4 Å². The second kappa shape index (κ2) is 8.09. The number of likely N-dealkylation sites (N-methyl/N-ethyl adjacent to an activating group) is 1. The van der Waals surface area contributed by atoms with Gasteiger partial charge in [-0.1, -0.05) is 17.7 Å². The van der Waals surface area contributed by atoms with Gasteiger partial charge in [0.25, 0.3) is 11.8 Å². The first kappa shape index (κ1) is 19.4. The molecule has 144 valence electrons. The van der Waals surface area contributed by atoms with Gasteiger partial charge in [0.1, 0.15) is 0 Å². The predicted octanol–water partition coefficient (Wildman–Crippen LogP) is 2.22. The van der Waals surface area contributed by atoms with E-state index in [0.717, 1.165) is 23.4 Å². The average molecular weight is 399 g/mol. The highest BCUT2D eigenvalue weighted by Crippen LogP contribution is 2.31. The molecule has 2 N–H and O–H groups in total. The number of aromatic amines is 1. The summed E-state index contributed by atoms with van der Waals surface area (Å²) < 4.78 is 4.54. The number of nitrogens with one attached hydrogen (secondary N) is 2. The summed E-state index contributed by atoms with van der Waals surface area (Å²) in [6.07, 6.45) is 2.44. The number of imidazole rings is 1. The van der Waals surface area contributed by atoms with E-state index in [-0.39, 0.29) is 21.6 Å². The van der Waals surface area contributed by atoms with E-state index in [4.69, 9.17) is 0 Å². The van der Waals surface area contributed by atoms with Crippen molar-refractivity contribution in [2.75, 3.05) is 19.5 Å². The normalized spacial score (nSPS) is 16.7. The number of hydrogen-bond acceptors (Lipinski definition) is 7. The summed E-state index contributed by atoms with van der Waals surface area (Å²) in [5.41, 5.74) is 1.86. The minimum absolute atomic E-state index is 0.131. The third-order valence-electron chi connectivity index (χ3n) is 3.81. The zero-order valence-corrected chi connectivity index (χ0v) is 16.2. The maximum atomic E-state index is 12.5. The quantitative estimate of drug-likeness (QED) is 0.601. The molecule has 1 fully saturated rings. The molecule has 1 aliphatic heterocycles. The van der Waals surface area contributed by atoms with Gasteiger partial charge in [-0.2, -0.15) is 0 Å². The van der Waals surface area contributed by atoms with Crippen LogP contribution in [0.5, 0.6) is 0 Å². The number of benzene rings is 1.